The maximum atomic E-state index is 8.90. The highest BCUT2D eigenvalue weighted by Gasteiger charge is 2.24. The second kappa shape index (κ2) is 7.64. The van der Waals surface area contributed by atoms with E-state index in [1.165, 1.54) is 11.1 Å². The monoisotopic (exact) mass is 294 g/mol. The van der Waals surface area contributed by atoms with E-state index in [4.69, 9.17) is 14.6 Å². The molecule has 5 nitrogen and oxygen atoms in total. The summed E-state index contributed by atoms with van der Waals surface area (Å²) in [6, 6.07) is 2.06. The van der Waals surface area contributed by atoms with Gasteiger partial charge in [0, 0.05) is 42.9 Å². The molecule has 0 amide bonds. The molecule has 1 aromatic carbocycles. The van der Waals surface area contributed by atoms with Gasteiger partial charge >= 0.3 is 0 Å². The van der Waals surface area contributed by atoms with Crippen molar-refractivity contribution in [3.05, 3.63) is 22.8 Å². The highest BCUT2D eigenvalue weighted by Crippen LogP contribution is 2.37. The number of nitrogens with one attached hydrogen (secondary N) is 1. The third kappa shape index (κ3) is 3.48. The van der Waals surface area contributed by atoms with Crippen molar-refractivity contribution in [1.29, 1.82) is 0 Å². The second-order valence-corrected chi connectivity index (χ2v) is 5.25. The van der Waals surface area contributed by atoms with Gasteiger partial charge in [0.2, 0.25) is 0 Å². The molecule has 118 valence electrons. The third-order valence-corrected chi connectivity index (χ3v) is 4.07. The minimum Gasteiger partial charge on any atom is -0.496 e. The van der Waals surface area contributed by atoms with Crippen molar-refractivity contribution in [3.63, 3.8) is 0 Å². The molecule has 5 heteroatoms. The molecular formula is C16H26N2O3. The molecule has 0 saturated carbocycles. The molecule has 0 saturated heterocycles. The Morgan fingerprint density at radius 3 is 2.71 bits per heavy atom. The molecule has 0 fully saturated rings. The Bertz CT molecular complexity index is 477. The number of benzene rings is 1. The van der Waals surface area contributed by atoms with Crippen LogP contribution in [0.1, 0.15) is 23.6 Å². The zero-order valence-corrected chi connectivity index (χ0v) is 13.2. The number of hydrogen-bond acceptors (Lipinski definition) is 5. The summed E-state index contributed by atoms with van der Waals surface area (Å²) in [5.41, 5.74) is 3.60. The fourth-order valence-electron chi connectivity index (χ4n) is 2.94. The van der Waals surface area contributed by atoms with E-state index in [9.17, 15) is 0 Å². The second-order valence-electron chi connectivity index (χ2n) is 5.25. The van der Waals surface area contributed by atoms with E-state index in [1.54, 1.807) is 14.2 Å². The van der Waals surface area contributed by atoms with Crippen molar-refractivity contribution >= 4 is 0 Å². The zero-order chi connectivity index (χ0) is 15.2. The fraction of sp³-hybridized carbons (Fsp3) is 0.625. The van der Waals surface area contributed by atoms with Crippen LogP contribution in [0.2, 0.25) is 0 Å². The number of aliphatic hydroxyl groups excluding tert-OH is 1. The van der Waals surface area contributed by atoms with E-state index in [-0.39, 0.29) is 6.61 Å². The number of rotatable bonds is 7. The molecule has 1 aliphatic rings. The van der Waals surface area contributed by atoms with Gasteiger partial charge < -0.3 is 19.9 Å². The Hall–Kier alpha value is -1.30. The van der Waals surface area contributed by atoms with Crippen LogP contribution >= 0.6 is 0 Å². The van der Waals surface area contributed by atoms with Crippen LogP contribution < -0.4 is 14.8 Å². The first-order valence-corrected chi connectivity index (χ1v) is 7.54. The van der Waals surface area contributed by atoms with Gasteiger partial charge in [0.25, 0.3) is 0 Å². The van der Waals surface area contributed by atoms with Gasteiger partial charge in [-0.25, -0.2) is 0 Å². The first kappa shape index (κ1) is 16.1. The molecule has 0 atom stereocenters. The summed E-state index contributed by atoms with van der Waals surface area (Å²) in [4.78, 5) is 2.41. The van der Waals surface area contributed by atoms with Crippen LogP contribution in [0.4, 0.5) is 0 Å². The smallest absolute Gasteiger partial charge is 0.127 e. The number of aliphatic hydroxyl groups is 1. The summed E-state index contributed by atoms with van der Waals surface area (Å²) < 4.78 is 11.3. The molecule has 0 aromatic heterocycles. The molecule has 2 N–H and O–H groups in total. The van der Waals surface area contributed by atoms with E-state index in [0.717, 1.165) is 43.1 Å². The van der Waals surface area contributed by atoms with Gasteiger partial charge in [-0.05, 0) is 19.0 Å². The van der Waals surface area contributed by atoms with Crippen LogP contribution in [0.25, 0.3) is 0 Å². The Morgan fingerprint density at radius 2 is 2.10 bits per heavy atom. The van der Waals surface area contributed by atoms with Crippen LogP contribution in [0.5, 0.6) is 11.5 Å². The van der Waals surface area contributed by atoms with Crippen molar-refractivity contribution in [1.82, 2.24) is 10.2 Å². The fourth-order valence-corrected chi connectivity index (χ4v) is 2.94. The van der Waals surface area contributed by atoms with Crippen molar-refractivity contribution in [2.75, 3.05) is 40.5 Å². The van der Waals surface area contributed by atoms with E-state index in [0.29, 0.717) is 13.1 Å². The van der Waals surface area contributed by atoms with E-state index in [2.05, 4.69) is 23.2 Å². The average molecular weight is 294 g/mol. The maximum Gasteiger partial charge on any atom is 0.127 e. The van der Waals surface area contributed by atoms with Gasteiger partial charge in [-0.2, -0.15) is 0 Å². The van der Waals surface area contributed by atoms with E-state index >= 15 is 0 Å². The molecule has 0 spiro atoms. The Kier molecular flexibility index (Phi) is 5.85. The number of nitrogens with zero attached hydrogens (tertiary/aromatic N) is 1. The summed E-state index contributed by atoms with van der Waals surface area (Å²) in [7, 11) is 3.45. The van der Waals surface area contributed by atoms with Gasteiger partial charge in [0.1, 0.15) is 11.5 Å². The van der Waals surface area contributed by atoms with Gasteiger partial charge in [-0.15, -0.1) is 0 Å². The highest BCUT2D eigenvalue weighted by molar-refractivity contribution is 5.54. The molecule has 0 radical (unpaired) electrons. The first-order valence-electron chi connectivity index (χ1n) is 7.54. The highest BCUT2D eigenvalue weighted by atomic mass is 16.5. The number of ether oxygens (including phenoxy) is 2. The van der Waals surface area contributed by atoms with Crippen LogP contribution in [0.3, 0.4) is 0 Å². The Morgan fingerprint density at radius 1 is 1.29 bits per heavy atom. The predicted molar refractivity (Wildman–Crippen MR) is 83.0 cm³/mol. The number of methoxy groups -OCH3 is 2. The minimum atomic E-state index is 0.135. The molecule has 0 aliphatic carbocycles. The molecule has 1 aromatic rings. The normalized spacial score (nSPS) is 14.9. The summed E-state index contributed by atoms with van der Waals surface area (Å²) >= 11 is 0. The maximum absolute atomic E-state index is 8.90. The van der Waals surface area contributed by atoms with Crippen LogP contribution in [-0.4, -0.2) is 50.5 Å². The molecule has 1 heterocycles. The van der Waals surface area contributed by atoms with Crippen LogP contribution in [0, 0.1) is 0 Å². The predicted octanol–water partition coefficient (Wildman–Crippen LogP) is 1.16. The molecule has 0 unspecified atom stereocenters. The largest absolute Gasteiger partial charge is 0.496 e. The molecule has 21 heavy (non-hydrogen) atoms. The molecular weight excluding hydrogens is 268 g/mol. The quantitative estimate of drug-likeness (QED) is 0.739. The standard InChI is InChI=1S/C16H26N2O3/c1-4-18-7-5-13-14(11-18)15(20-2)9-12(16(13)21-3)10-17-6-8-19/h9,17,19H,4-8,10-11H2,1-3H3. The number of likely N-dealkylation sites (N-methyl/N-ethyl adjacent to an activating group) is 1. The number of hydrogen-bond donors (Lipinski definition) is 2. The average Bonchev–Trinajstić information content (AvgIpc) is 2.53. The van der Waals surface area contributed by atoms with Gasteiger partial charge in [-0.3, -0.25) is 4.90 Å². The van der Waals surface area contributed by atoms with E-state index < -0.39 is 0 Å². The van der Waals surface area contributed by atoms with Gasteiger partial charge in [-0.1, -0.05) is 6.92 Å². The Balaban J connectivity index is 2.36. The molecule has 2 rings (SSSR count). The lowest BCUT2D eigenvalue weighted by atomic mass is 9.94. The lowest BCUT2D eigenvalue weighted by molar-refractivity contribution is 0.257. The topological polar surface area (TPSA) is 54.0 Å². The van der Waals surface area contributed by atoms with Crippen LogP contribution in [-0.2, 0) is 19.5 Å². The van der Waals surface area contributed by atoms with Gasteiger partial charge in [0.15, 0.2) is 0 Å². The zero-order valence-electron chi connectivity index (χ0n) is 13.2. The van der Waals surface area contributed by atoms with Crippen molar-refractivity contribution in [3.8, 4) is 11.5 Å². The summed E-state index contributed by atoms with van der Waals surface area (Å²) in [5, 5.41) is 12.1. The molecule has 1 aliphatic heterocycles. The van der Waals surface area contributed by atoms with Crippen molar-refractivity contribution in [2.45, 2.75) is 26.4 Å². The third-order valence-electron chi connectivity index (χ3n) is 4.07. The SMILES string of the molecule is CCN1CCc2c(c(OC)cc(CNCCO)c2OC)C1. The minimum absolute atomic E-state index is 0.135. The molecule has 0 bridgehead atoms. The first-order chi connectivity index (χ1) is 10.2. The lowest BCUT2D eigenvalue weighted by Crippen LogP contribution is -2.31. The van der Waals surface area contributed by atoms with Gasteiger partial charge in [0.05, 0.1) is 20.8 Å². The summed E-state index contributed by atoms with van der Waals surface area (Å²) in [6.45, 7) is 6.58. The Labute approximate surface area is 126 Å². The number of fused-ring (bicyclic) bond motifs is 1. The lowest BCUT2D eigenvalue weighted by Gasteiger charge is -2.31. The van der Waals surface area contributed by atoms with Crippen molar-refractivity contribution < 1.29 is 14.6 Å². The summed E-state index contributed by atoms with van der Waals surface area (Å²) in [6.07, 6.45) is 0.983. The van der Waals surface area contributed by atoms with Crippen molar-refractivity contribution in [2.24, 2.45) is 0 Å². The summed E-state index contributed by atoms with van der Waals surface area (Å²) in [5.74, 6) is 1.90. The van der Waals surface area contributed by atoms with E-state index in [1.807, 2.05) is 0 Å². The van der Waals surface area contributed by atoms with Crippen LogP contribution in [0.15, 0.2) is 6.07 Å².